The second kappa shape index (κ2) is 13.0. The lowest BCUT2D eigenvalue weighted by molar-refractivity contribution is 0.0784. The molecule has 2 amide bonds. The molecule has 4 aromatic rings. The van der Waals surface area contributed by atoms with Crippen LogP contribution in [0.4, 0.5) is 17.1 Å². The van der Waals surface area contributed by atoms with Crippen molar-refractivity contribution in [3.05, 3.63) is 124 Å². The van der Waals surface area contributed by atoms with Gasteiger partial charge in [-0.15, -0.1) is 0 Å². The van der Waals surface area contributed by atoms with Crippen molar-refractivity contribution in [2.75, 3.05) is 48.3 Å². The summed E-state index contributed by atoms with van der Waals surface area (Å²) in [6.07, 6.45) is 1.03. The smallest absolute Gasteiger partial charge is 0.255 e. The number of benzene rings is 3. The normalized spacial score (nSPS) is 16.9. The molecule has 8 heteroatoms. The summed E-state index contributed by atoms with van der Waals surface area (Å²) in [5.41, 5.74) is 5.80. The average Bonchev–Trinajstić information content (AvgIpc) is 3.06. The quantitative estimate of drug-likeness (QED) is 0.260. The Morgan fingerprint density at radius 3 is 2.31 bits per heavy atom. The van der Waals surface area contributed by atoms with Crippen LogP contribution in [0.15, 0.2) is 95.8 Å². The second-order valence-corrected chi connectivity index (χ2v) is 12.2. The Labute approximate surface area is 264 Å². The van der Waals surface area contributed by atoms with Gasteiger partial charge in [0.25, 0.3) is 17.4 Å². The van der Waals surface area contributed by atoms with Crippen molar-refractivity contribution in [3.63, 3.8) is 0 Å². The van der Waals surface area contributed by atoms with Crippen LogP contribution in [-0.4, -0.2) is 54.5 Å². The van der Waals surface area contributed by atoms with Crippen molar-refractivity contribution < 1.29 is 9.59 Å². The van der Waals surface area contributed by atoms with Crippen LogP contribution in [0.25, 0.3) is 0 Å². The number of aromatic nitrogens is 1. The number of carbonyl (C=O) groups is 2. The van der Waals surface area contributed by atoms with Crippen LogP contribution >= 0.6 is 0 Å². The zero-order valence-electron chi connectivity index (χ0n) is 26.3. The number of amides is 2. The molecule has 1 aromatic heterocycles. The number of hydrogen-bond acceptors (Lipinski definition) is 5. The van der Waals surface area contributed by atoms with E-state index in [2.05, 4.69) is 35.0 Å². The fraction of sp³-hybridized carbons (Fsp3) is 0.324. The molecule has 0 spiro atoms. The molecular weight excluding hydrogens is 562 g/mol. The Hall–Kier alpha value is -4.85. The number of nitrogens with zero attached hydrogens (tertiary/aromatic N) is 4. The first-order chi connectivity index (χ1) is 21.8. The molecule has 8 nitrogen and oxygen atoms in total. The van der Waals surface area contributed by atoms with Gasteiger partial charge in [-0.3, -0.25) is 14.4 Å². The zero-order chi connectivity index (χ0) is 31.5. The van der Waals surface area contributed by atoms with E-state index in [-0.39, 0.29) is 23.3 Å². The van der Waals surface area contributed by atoms with Gasteiger partial charge in [0.05, 0.1) is 11.4 Å². The van der Waals surface area contributed by atoms with Crippen LogP contribution in [0.2, 0.25) is 0 Å². The number of hydrogen-bond donors (Lipinski definition) is 1. The van der Waals surface area contributed by atoms with Crippen LogP contribution in [0, 0.1) is 5.92 Å². The predicted octanol–water partition coefficient (Wildman–Crippen LogP) is 5.84. The number of rotatable bonds is 9. The van der Waals surface area contributed by atoms with Crippen molar-refractivity contribution in [3.8, 4) is 0 Å². The Morgan fingerprint density at radius 1 is 0.844 bits per heavy atom. The third-order valence-electron chi connectivity index (χ3n) is 9.18. The van der Waals surface area contributed by atoms with Gasteiger partial charge in [0.2, 0.25) is 0 Å². The highest BCUT2D eigenvalue weighted by Gasteiger charge is 2.35. The lowest BCUT2D eigenvalue weighted by atomic mass is 9.83. The first-order valence-electron chi connectivity index (χ1n) is 15.9. The molecule has 0 aliphatic carbocycles. The molecule has 45 heavy (non-hydrogen) atoms. The maximum Gasteiger partial charge on any atom is 0.255 e. The Kier molecular flexibility index (Phi) is 8.74. The third-order valence-corrected chi connectivity index (χ3v) is 9.18. The largest absolute Gasteiger partial charge is 0.372 e. The first kappa shape index (κ1) is 30.2. The molecule has 6 rings (SSSR count). The SMILES string of the molecule is CCN(CC)c1ccc(C(=O)Nc2cc(C(=O)N(C)Cc3ccccc3)ccc2N2CC3CC(C2)c2cccc(=O)n2C3)cc1. The molecule has 232 valence electrons. The van der Waals surface area contributed by atoms with E-state index in [0.717, 1.165) is 55.2 Å². The maximum atomic E-state index is 13.6. The van der Waals surface area contributed by atoms with E-state index >= 15 is 0 Å². The molecule has 2 bridgehead atoms. The standard InChI is InChI=1S/C37H41N5O3/c1-4-40(5-2)31-17-14-28(15-18-31)36(44)38-32-21-29(37(45)39(3)22-26-10-7-6-8-11-26)16-19-34(32)41-23-27-20-30(25-41)33-12-9-13-35(43)42(33)24-27/h6-19,21,27,30H,4-5,20,22-25H2,1-3H3,(H,38,44). The number of pyridine rings is 1. The predicted molar refractivity (Wildman–Crippen MR) is 180 cm³/mol. The van der Waals surface area contributed by atoms with Gasteiger partial charge in [0, 0.05) is 80.8 Å². The molecular formula is C37H41N5O3. The van der Waals surface area contributed by atoms with E-state index in [1.54, 1.807) is 18.0 Å². The van der Waals surface area contributed by atoms with Gasteiger partial charge in [-0.05, 0) is 80.3 Å². The van der Waals surface area contributed by atoms with E-state index in [4.69, 9.17) is 0 Å². The molecule has 0 radical (unpaired) electrons. The highest BCUT2D eigenvalue weighted by Crippen LogP contribution is 2.39. The monoisotopic (exact) mass is 603 g/mol. The summed E-state index contributed by atoms with van der Waals surface area (Å²) in [5, 5.41) is 3.16. The lowest BCUT2D eigenvalue weighted by Gasteiger charge is -2.44. The van der Waals surface area contributed by atoms with Crippen molar-refractivity contribution in [1.82, 2.24) is 9.47 Å². The lowest BCUT2D eigenvalue weighted by Crippen LogP contribution is -2.47. The summed E-state index contributed by atoms with van der Waals surface area (Å²) in [7, 11) is 1.80. The van der Waals surface area contributed by atoms with Crippen molar-refractivity contribution in [2.24, 2.45) is 5.92 Å². The summed E-state index contributed by atoms with van der Waals surface area (Å²) in [6, 6.07) is 28.7. The summed E-state index contributed by atoms with van der Waals surface area (Å²) in [6.45, 7) is 8.66. The van der Waals surface area contributed by atoms with Gasteiger partial charge in [-0.2, -0.15) is 0 Å². The van der Waals surface area contributed by atoms with E-state index in [0.29, 0.717) is 35.8 Å². The Balaban J connectivity index is 1.30. The number of nitrogens with one attached hydrogen (secondary N) is 1. The highest BCUT2D eigenvalue weighted by atomic mass is 16.2. The van der Waals surface area contributed by atoms with Gasteiger partial charge in [-0.25, -0.2) is 0 Å². The molecule has 1 saturated heterocycles. The van der Waals surface area contributed by atoms with Crippen LogP contribution < -0.4 is 20.7 Å². The fourth-order valence-electron chi connectivity index (χ4n) is 6.89. The van der Waals surface area contributed by atoms with Gasteiger partial charge in [0.15, 0.2) is 0 Å². The first-order valence-corrected chi connectivity index (χ1v) is 15.9. The number of piperidine rings is 1. The van der Waals surface area contributed by atoms with Gasteiger partial charge in [-0.1, -0.05) is 36.4 Å². The molecule has 2 aliphatic heterocycles. The molecule has 2 aliphatic rings. The minimum absolute atomic E-state index is 0.0538. The van der Waals surface area contributed by atoms with E-state index < -0.39 is 0 Å². The van der Waals surface area contributed by atoms with Gasteiger partial charge in [0.1, 0.15) is 0 Å². The minimum Gasteiger partial charge on any atom is -0.372 e. The molecule has 2 unspecified atom stereocenters. The summed E-state index contributed by atoms with van der Waals surface area (Å²) >= 11 is 0. The minimum atomic E-state index is -0.223. The van der Waals surface area contributed by atoms with Gasteiger partial charge < -0.3 is 24.6 Å². The zero-order valence-corrected chi connectivity index (χ0v) is 26.3. The van der Waals surface area contributed by atoms with Crippen molar-refractivity contribution in [2.45, 2.75) is 39.3 Å². The van der Waals surface area contributed by atoms with E-state index in [1.165, 1.54) is 0 Å². The molecule has 3 heterocycles. The van der Waals surface area contributed by atoms with Crippen LogP contribution in [0.1, 0.15) is 58.2 Å². The number of anilines is 3. The molecule has 0 saturated carbocycles. The third kappa shape index (κ3) is 6.36. The Bertz CT molecular complexity index is 1730. The van der Waals surface area contributed by atoms with Gasteiger partial charge >= 0.3 is 0 Å². The fourth-order valence-corrected chi connectivity index (χ4v) is 6.89. The molecule has 1 fully saturated rings. The van der Waals surface area contributed by atoms with E-state index in [1.807, 2.05) is 83.4 Å². The highest BCUT2D eigenvalue weighted by molar-refractivity contribution is 6.07. The molecule has 1 N–H and O–H groups in total. The van der Waals surface area contributed by atoms with Crippen LogP contribution in [0.3, 0.4) is 0 Å². The van der Waals surface area contributed by atoms with E-state index in [9.17, 15) is 14.4 Å². The molecule has 2 atom stereocenters. The summed E-state index contributed by atoms with van der Waals surface area (Å²) in [5.74, 6) is 0.179. The molecule has 3 aromatic carbocycles. The van der Waals surface area contributed by atoms with Crippen LogP contribution in [0.5, 0.6) is 0 Å². The Morgan fingerprint density at radius 2 is 1.58 bits per heavy atom. The average molecular weight is 604 g/mol. The van der Waals surface area contributed by atoms with Crippen LogP contribution in [-0.2, 0) is 13.1 Å². The summed E-state index contributed by atoms with van der Waals surface area (Å²) < 4.78 is 1.92. The maximum absolute atomic E-state index is 13.6. The summed E-state index contributed by atoms with van der Waals surface area (Å²) in [4.78, 5) is 46.1. The second-order valence-electron chi connectivity index (χ2n) is 12.2. The van der Waals surface area contributed by atoms with Crippen molar-refractivity contribution >= 4 is 28.9 Å². The number of fused-ring (bicyclic) bond motifs is 4. The number of carbonyl (C=O) groups excluding carboxylic acids is 2. The van der Waals surface area contributed by atoms with Crippen molar-refractivity contribution in [1.29, 1.82) is 0 Å². The topological polar surface area (TPSA) is 77.9 Å².